The van der Waals surface area contributed by atoms with Crippen LogP contribution < -0.4 is 0 Å². The molecule has 2 aromatic rings. The zero-order valence-corrected chi connectivity index (χ0v) is 13.3. The molecule has 1 aromatic carbocycles. The van der Waals surface area contributed by atoms with Gasteiger partial charge in [0.25, 0.3) is 0 Å². The average Bonchev–Trinajstić information content (AvgIpc) is 2.88. The van der Waals surface area contributed by atoms with Gasteiger partial charge in [-0.3, -0.25) is 4.79 Å². The number of aromatic amines is 1. The largest absolute Gasteiger partial charge is 0.475 e. The number of ketones is 1. The molecule has 0 fully saturated rings. The Hall–Kier alpha value is -2.17. The van der Waals surface area contributed by atoms with Gasteiger partial charge in [-0.1, -0.05) is 20.3 Å². The molecule has 2 rings (SSSR count). The van der Waals surface area contributed by atoms with Crippen molar-refractivity contribution in [3.63, 3.8) is 0 Å². The van der Waals surface area contributed by atoms with Gasteiger partial charge in [-0.25, -0.2) is 9.78 Å². The van der Waals surface area contributed by atoms with Gasteiger partial charge >= 0.3 is 5.97 Å². The lowest BCUT2D eigenvalue weighted by molar-refractivity contribution is 0.0685. The van der Waals surface area contributed by atoms with Crippen LogP contribution in [0.2, 0.25) is 0 Å². The number of imidazole rings is 1. The van der Waals surface area contributed by atoms with Gasteiger partial charge in [-0.05, 0) is 43.4 Å². The highest BCUT2D eigenvalue weighted by Crippen LogP contribution is 2.27. The minimum absolute atomic E-state index is 0.0766. The van der Waals surface area contributed by atoms with E-state index in [-0.39, 0.29) is 11.6 Å². The van der Waals surface area contributed by atoms with Crippen LogP contribution in [-0.2, 0) is 6.42 Å². The molecule has 1 heterocycles. The SMILES string of the molecule is CCCCc1c(C(=O)CCC)c(C)cc2[nH]c(C(=O)O)nc12. The summed E-state index contributed by atoms with van der Waals surface area (Å²) in [5.74, 6) is -1.04. The highest BCUT2D eigenvalue weighted by molar-refractivity contribution is 6.03. The van der Waals surface area contributed by atoms with Gasteiger partial charge in [-0.15, -0.1) is 0 Å². The van der Waals surface area contributed by atoms with E-state index in [1.165, 1.54) is 0 Å². The number of fused-ring (bicyclic) bond motifs is 1. The highest BCUT2D eigenvalue weighted by atomic mass is 16.4. The lowest BCUT2D eigenvalue weighted by atomic mass is 9.92. The molecule has 0 spiro atoms. The second-order valence-corrected chi connectivity index (χ2v) is 5.61. The Morgan fingerprint density at radius 2 is 2.00 bits per heavy atom. The van der Waals surface area contributed by atoms with Crippen molar-refractivity contribution >= 4 is 22.8 Å². The summed E-state index contributed by atoms with van der Waals surface area (Å²) >= 11 is 0. The van der Waals surface area contributed by atoms with E-state index in [0.29, 0.717) is 17.5 Å². The Labute approximate surface area is 129 Å². The molecule has 0 aliphatic rings. The number of carboxylic acids is 1. The minimum Gasteiger partial charge on any atom is -0.475 e. The molecule has 1 aromatic heterocycles. The van der Waals surface area contributed by atoms with Gasteiger partial charge in [0.05, 0.1) is 11.0 Å². The number of hydrogen-bond acceptors (Lipinski definition) is 3. The van der Waals surface area contributed by atoms with Crippen LogP contribution >= 0.6 is 0 Å². The Bertz CT molecular complexity index is 716. The topological polar surface area (TPSA) is 83.0 Å². The third-order valence-electron chi connectivity index (χ3n) is 3.81. The summed E-state index contributed by atoms with van der Waals surface area (Å²) in [5.41, 5.74) is 3.81. The van der Waals surface area contributed by atoms with Crippen LogP contribution in [0.5, 0.6) is 0 Å². The number of H-pyrrole nitrogens is 1. The lowest BCUT2D eigenvalue weighted by Gasteiger charge is -2.12. The Kier molecular flexibility index (Phi) is 4.96. The molecule has 0 aliphatic heterocycles. The van der Waals surface area contributed by atoms with Crippen LogP contribution in [0.3, 0.4) is 0 Å². The van der Waals surface area contributed by atoms with E-state index in [2.05, 4.69) is 16.9 Å². The first-order valence-electron chi connectivity index (χ1n) is 7.78. The molecular formula is C17H22N2O3. The van der Waals surface area contributed by atoms with Crippen LogP contribution in [0.15, 0.2) is 6.07 Å². The summed E-state index contributed by atoms with van der Waals surface area (Å²) in [4.78, 5) is 30.7. The van der Waals surface area contributed by atoms with Crippen LogP contribution in [0.4, 0.5) is 0 Å². The van der Waals surface area contributed by atoms with Crippen LogP contribution in [-0.4, -0.2) is 26.8 Å². The molecule has 0 bridgehead atoms. The maximum atomic E-state index is 12.5. The third-order valence-corrected chi connectivity index (χ3v) is 3.81. The number of rotatable bonds is 7. The number of unbranched alkanes of at least 4 members (excludes halogenated alkanes) is 1. The van der Waals surface area contributed by atoms with Crippen molar-refractivity contribution in [3.05, 3.63) is 28.6 Å². The second kappa shape index (κ2) is 6.73. The molecule has 2 N–H and O–H groups in total. The Morgan fingerprint density at radius 1 is 1.27 bits per heavy atom. The van der Waals surface area contributed by atoms with Crippen molar-refractivity contribution in [3.8, 4) is 0 Å². The number of nitrogens with one attached hydrogen (secondary N) is 1. The summed E-state index contributed by atoms with van der Waals surface area (Å²) in [6.07, 6.45) is 3.99. The predicted molar refractivity (Wildman–Crippen MR) is 85.6 cm³/mol. The molecule has 0 radical (unpaired) electrons. The van der Waals surface area contributed by atoms with E-state index in [9.17, 15) is 9.59 Å². The fourth-order valence-corrected chi connectivity index (χ4v) is 2.80. The summed E-state index contributed by atoms with van der Waals surface area (Å²) < 4.78 is 0. The van der Waals surface area contributed by atoms with E-state index in [4.69, 9.17) is 5.11 Å². The van der Waals surface area contributed by atoms with Crippen LogP contribution in [0.25, 0.3) is 11.0 Å². The van der Waals surface area contributed by atoms with Gasteiger partial charge in [0.15, 0.2) is 5.78 Å². The van der Waals surface area contributed by atoms with Gasteiger partial charge in [0.2, 0.25) is 5.82 Å². The Balaban J connectivity index is 2.67. The van der Waals surface area contributed by atoms with E-state index in [0.717, 1.165) is 42.4 Å². The number of carbonyl (C=O) groups excluding carboxylic acids is 1. The fraction of sp³-hybridized carbons (Fsp3) is 0.471. The molecule has 0 saturated heterocycles. The number of hydrogen-bond donors (Lipinski definition) is 2. The summed E-state index contributed by atoms with van der Waals surface area (Å²) in [6, 6.07) is 1.83. The highest BCUT2D eigenvalue weighted by Gasteiger charge is 2.20. The smallest absolute Gasteiger partial charge is 0.371 e. The standard InChI is InChI=1S/C17H22N2O3/c1-4-6-8-11-14(13(20)7-5-2)10(3)9-12-15(11)19-16(18-12)17(21)22/h9H,4-8H2,1-3H3,(H,18,19)(H,21,22). The number of carbonyl (C=O) groups is 2. The quantitative estimate of drug-likeness (QED) is 0.760. The maximum Gasteiger partial charge on any atom is 0.371 e. The molecule has 118 valence electrons. The number of aryl methyl sites for hydroxylation is 2. The first-order chi connectivity index (χ1) is 10.5. The summed E-state index contributed by atoms with van der Waals surface area (Å²) in [6.45, 7) is 5.97. The molecule has 0 atom stereocenters. The third kappa shape index (κ3) is 3.03. The number of nitrogens with zero attached hydrogens (tertiary/aromatic N) is 1. The van der Waals surface area contributed by atoms with Crippen molar-refractivity contribution in [2.45, 2.75) is 52.9 Å². The first kappa shape index (κ1) is 16.2. The maximum absolute atomic E-state index is 12.5. The van der Waals surface area contributed by atoms with Crippen LogP contribution in [0, 0.1) is 6.92 Å². The normalized spacial score (nSPS) is 11.0. The molecule has 0 amide bonds. The van der Waals surface area contributed by atoms with Gasteiger partial charge in [-0.2, -0.15) is 0 Å². The van der Waals surface area contributed by atoms with Crippen molar-refractivity contribution in [2.24, 2.45) is 0 Å². The molecular weight excluding hydrogens is 280 g/mol. The van der Waals surface area contributed by atoms with Gasteiger partial charge in [0, 0.05) is 12.0 Å². The van der Waals surface area contributed by atoms with Crippen molar-refractivity contribution in [1.29, 1.82) is 0 Å². The van der Waals surface area contributed by atoms with E-state index in [1.807, 2.05) is 19.9 Å². The summed E-state index contributed by atoms with van der Waals surface area (Å²) in [5, 5.41) is 9.12. The van der Waals surface area contributed by atoms with E-state index in [1.54, 1.807) is 0 Å². The molecule has 0 unspecified atom stereocenters. The fourth-order valence-electron chi connectivity index (χ4n) is 2.80. The zero-order chi connectivity index (χ0) is 16.3. The van der Waals surface area contributed by atoms with E-state index < -0.39 is 5.97 Å². The van der Waals surface area contributed by atoms with Crippen molar-refractivity contribution in [1.82, 2.24) is 9.97 Å². The van der Waals surface area contributed by atoms with Crippen LogP contribution in [0.1, 0.15) is 71.6 Å². The zero-order valence-electron chi connectivity index (χ0n) is 13.3. The number of aromatic carboxylic acids is 1. The van der Waals surface area contributed by atoms with Gasteiger partial charge in [0.1, 0.15) is 0 Å². The van der Waals surface area contributed by atoms with Gasteiger partial charge < -0.3 is 10.1 Å². The lowest BCUT2D eigenvalue weighted by Crippen LogP contribution is -2.07. The van der Waals surface area contributed by atoms with Crippen molar-refractivity contribution in [2.75, 3.05) is 0 Å². The first-order valence-corrected chi connectivity index (χ1v) is 7.78. The molecule has 5 heteroatoms. The number of carboxylic acid groups (broad SMARTS) is 1. The minimum atomic E-state index is -1.09. The molecule has 0 aliphatic carbocycles. The summed E-state index contributed by atoms with van der Waals surface area (Å²) in [7, 11) is 0. The molecule has 5 nitrogen and oxygen atoms in total. The second-order valence-electron chi connectivity index (χ2n) is 5.61. The predicted octanol–water partition coefficient (Wildman–Crippen LogP) is 3.89. The Morgan fingerprint density at radius 3 is 2.59 bits per heavy atom. The molecule has 0 saturated carbocycles. The average molecular weight is 302 g/mol. The molecule has 22 heavy (non-hydrogen) atoms. The van der Waals surface area contributed by atoms with E-state index >= 15 is 0 Å². The monoisotopic (exact) mass is 302 g/mol. The van der Waals surface area contributed by atoms with Crippen molar-refractivity contribution < 1.29 is 14.7 Å². The number of Topliss-reactive ketones (excluding diaryl/α,β-unsaturated/α-hetero) is 1. The number of benzene rings is 1. The number of aromatic nitrogens is 2.